The summed E-state index contributed by atoms with van der Waals surface area (Å²) in [5.74, 6) is 2.31. The minimum atomic E-state index is -0.157. The molecule has 0 amide bonds. The van der Waals surface area contributed by atoms with E-state index in [0.717, 1.165) is 35.7 Å². The summed E-state index contributed by atoms with van der Waals surface area (Å²) in [4.78, 5) is 0. The second-order valence-corrected chi connectivity index (χ2v) is 5.16. The van der Waals surface area contributed by atoms with Crippen LogP contribution >= 0.6 is 0 Å². The summed E-state index contributed by atoms with van der Waals surface area (Å²) in [5, 5.41) is 0. The largest absolute Gasteiger partial charge is 0.496 e. The lowest BCUT2D eigenvalue weighted by Gasteiger charge is -2.17. The second-order valence-electron chi connectivity index (χ2n) is 5.16. The van der Waals surface area contributed by atoms with Gasteiger partial charge in [-0.05, 0) is 43.2 Å². The monoisotopic (exact) mass is 285 g/mol. The fraction of sp³-hybridized carbons (Fsp3) is 0.333. The Bertz CT molecular complexity index is 576. The number of hydrogen-bond acceptors (Lipinski definition) is 3. The molecule has 0 spiro atoms. The maximum absolute atomic E-state index is 6.05. The number of aryl methyl sites for hydroxylation is 1. The Balaban J connectivity index is 2.26. The Morgan fingerprint density at radius 2 is 1.71 bits per heavy atom. The Hall–Kier alpha value is -2.00. The Kier molecular flexibility index (Phi) is 5.23. The molecule has 0 aliphatic rings. The van der Waals surface area contributed by atoms with E-state index in [2.05, 4.69) is 19.1 Å². The van der Waals surface area contributed by atoms with Crippen molar-refractivity contribution in [2.45, 2.75) is 32.7 Å². The van der Waals surface area contributed by atoms with Crippen LogP contribution in [-0.2, 0) is 6.42 Å². The number of hydrogen-bond donors (Lipinski definition) is 1. The molecule has 2 N–H and O–H groups in total. The maximum atomic E-state index is 6.05. The minimum Gasteiger partial charge on any atom is -0.496 e. The molecule has 0 aliphatic heterocycles. The van der Waals surface area contributed by atoms with E-state index >= 15 is 0 Å². The Morgan fingerprint density at radius 3 is 2.29 bits per heavy atom. The number of nitrogens with two attached hydrogens (primary N) is 1. The van der Waals surface area contributed by atoms with E-state index in [1.54, 1.807) is 7.11 Å². The van der Waals surface area contributed by atoms with Crippen molar-refractivity contribution < 1.29 is 9.47 Å². The molecule has 0 fully saturated rings. The molecule has 21 heavy (non-hydrogen) atoms. The first kappa shape index (κ1) is 15.4. The molecular formula is C18H23NO2. The highest BCUT2D eigenvalue weighted by molar-refractivity contribution is 5.48. The van der Waals surface area contributed by atoms with Gasteiger partial charge >= 0.3 is 0 Å². The van der Waals surface area contributed by atoms with Gasteiger partial charge in [0.15, 0.2) is 0 Å². The molecule has 1 atom stereocenters. The first-order chi connectivity index (χ1) is 10.2. The van der Waals surface area contributed by atoms with Crippen LogP contribution in [0.25, 0.3) is 0 Å². The summed E-state index contributed by atoms with van der Waals surface area (Å²) in [6.07, 6.45) is 2.23. The topological polar surface area (TPSA) is 44.5 Å². The standard InChI is InChI=1S/C18H23NO2/c1-4-6-14-9-11-15(12-10-14)21-17-8-5-7-16(20-3)18(17)13(2)19/h5,7-13H,4,6,19H2,1-3H3/t13-/m1/s1. The first-order valence-corrected chi connectivity index (χ1v) is 7.35. The van der Waals surface area contributed by atoms with E-state index in [1.807, 2.05) is 37.3 Å². The van der Waals surface area contributed by atoms with Crippen LogP contribution in [-0.4, -0.2) is 7.11 Å². The number of benzene rings is 2. The maximum Gasteiger partial charge on any atom is 0.135 e. The predicted molar refractivity (Wildman–Crippen MR) is 86.1 cm³/mol. The minimum absolute atomic E-state index is 0.157. The highest BCUT2D eigenvalue weighted by atomic mass is 16.5. The third kappa shape index (κ3) is 3.76. The van der Waals surface area contributed by atoms with Crippen LogP contribution in [0.1, 0.15) is 37.4 Å². The van der Waals surface area contributed by atoms with Crippen molar-refractivity contribution in [3.8, 4) is 17.2 Å². The van der Waals surface area contributed by atoms with Gasteiger partial charge in [-0.25, -0.2) is 0 Å². The second kappa shape index (κ2) is 7.14. The highest BCUT2D eigenvalue weighted by Crippen LogP contribution is 2.35. The SMILES string of the molecule is CCCc1ccc(Oc2cccc(OC)c2[C@@H](C)N)cc1. The molecule has 2 rings (SSSR count). The molecule has 2 aromatic carbocycles. The number of ether oxygens (including phenoxy) is 2. The zero-order valence-corrected chi connectivity index (χ0v) is 12.9. The molecule has 2 aromatic rings. The van der Waals surface area contributed by atoms with Gasteiger partial charge in [-0.2, -0.15) is 0 Å². The van der Waals surface area contributed by atoms with Gasteiger partial charge in [0, 0.05) is 6.04 Å². The van der Waals surface area contributed by atoms with Crippen LogP contribution in [0, 0.1) is 0 Å². The van der Waals surface area contributed by atoms with Gasteiger partial charge in [0.25, 0.3) is 0 Å². The van der Waals surface area contributed by atoms with Crippen LogP contribution in [0.15, 0.2) is 42.5 Å². The van der Waals surface area contributed by atoms with E-state index in [4.69, 9.17) is 15.2 Å². The molecule has 0 bridgehead atoms. The van der Waals surface area contributed by atoms with Gasteiger partial charge in [0.1, 0.15) is 17.2 Å². The molecule has 0 aliphatic carbocycles. The van der Waals surface area contributed by atoms with Gasteiger partial charge in [0.2, 0.25) is 0 Å². The summed E-state index contributed by atoms with van der Waals surface area (Å²) >= 11 is 0. The van der Waals surface area contributed by atoms with E-state index in [1.165, 1.54) is 5.56 Å². The van der Waals surface area contributed by atoms with Crippen LogP contribution in [0.5, 0.6) is 17.2 Å². The third-order valence-electron chi connectivity index (χ3n) is 3.39. The third-order valence-corrected chi connectivity index (χ3v) is 3.39. The first-order valence-electron chi connectivity index (χ1n) is 7.35. The zero-order valence-electron chi connectivity index (χ0n) is 12.9. The zero-order chi connectivity index (χ0) is 15.2. The van der Waals surface area contributed by atoms with Crippen LogP contribution in [0.4, 0.5) is 0 Å². The van der Waals surface area contributed by atoms with Crippen molar-refractivity contribution >= 4 is 0 Å². The molecular weight excluding hydrogens is 262 g/mol. The smallest absolute Gasteiger partial charge is 0.135 e. The lowest BCUT2D eigenvalue weighted by Crippen LogP contribution is -2.08. The summed E-state index contributed by atoms with van der Waals surface area (Å²) in [6, 6.07) is 13.8. The van der Waals surface area contributed by atoms with Gasteiger partial charge in [-0.15, -0.1) is 0 Å². The lowest BCUT2D eigenvalue weighted by atomic mass is 10.1. The van der Waals surface area contributed by atoms with E-state index < -0.39 is 0 Å². The number of rotatable bonds is 6. The molecule has 0 radical (unpaired) electrons. The van der Waals surface area contributed by atoms with Crippen molar-refractivity contribution in [3.63, 3.8) is 0 Å². The molecule has 0 unspecified atom stereocenters. The molecule has 0 saturated carbocycles. The van der Waals surface area contributed by atoms with Gasteiger partial charge in [0.05, 0.1) is 12.7 Å². The van der Waals surface area contributed by atoms with Crippen molar-refractivity contribution in [3.05, 3.63) is 53.6 Å². The van der Waals surface area contributed by atoms with Crippen LogP contribution in [0.3, 0.4) is 0 Å². The van der Waals surface area contributed by atoms with Gasteiger partial charge in [-0.3, -0.25) is 0 Å². The molecule has 112 valence electrons. The molecule has 0 heterocycles. The summed E-state index contributed by atoms with van der Waals surface area (Å²) in [5.41, 5.74) is 8.26. The van der Waals surface area contributed by atoms with Crippen molar-refractivity contribution in [2.24, 2.45) is 5.73 Å². The summed E-state index contributed by atoms with van der Waals surface area (Å²) < 4.78 is 11.4. The fourth-order valence-electron chi connectivity index (χ4n) is 2.38. The van der Waals surface area contributed by atoms with Crippen molar-refractivity contribution in [1.82, 2.24) is 0 Å². The predicted octanol–water partition coefficient (Wildman–Crippen LogP) is 4.46. The number of methoxy groups -OCH3 is 1. The van der Waals surface area contributed by atoms with Crippen molar-refractivity contribution in [1.29, 1.82) is 0 Å². The molecule has 3 heteroatoms. The van der Waals surface area contributed by atoms with E-state index in [0.29, 0.717) is 0 Å². The van der Waals surface area contributed by atoms with Crippen LogP contribution < -0.4 is 15.2 Å². The summed E-state index contributed by atoms with van der Waals surface area (Å²) in [6.45, 7) is 4.10. The molecule has 0 aromatic heterocycles. The van der Waals surface area contributed by atoms with E-state index in [-0.39, 0.29) is 6.04 Å². The summed E-state index contributed by atoms with van der Waals surface area (Å²) in [7, 11) is 1.64. The van der Waals surface area contributed by atoms with E-state index in [9.17, 15) is 0 Å². The van der Waals surface area contributed by atoms with Crippen molar-refractivity contribution in [2.75, 3.05) is 7.11 Å². The Labute approximate surface area is 126 Å². The normalized spacial score (nSPS) is 12.0. The molecule has 3 nitrogen and oxygen atoms in total. The van der Waals surface area contributed by atoms with Gasteiger partial charge in [-0.1, -0.05) is 31.5 Å². The Morgan fingerprint density at radius 1 is 1.05 bits per heavy atom. The highest BCUT2D eigenvalue weighted by Gasteiger charge is 2.14. The lowest BCUT2D eigenvalue weighted by molar-refractivity contribution is 0.397. The van der Waals surface area contributed by atoms with Gasteiger partial charge < -0.3 is 15.2 Å². The average Bonchev–Trinajstić information content (AvgIpc) is 2.49. The molecule has 0 saturated heterocycles. The quantitative estimate of drug-likeness (QED) is 0.852. The average molecular weight is 285 g/mol. The van der Waals surface area contributed by atoms with Crippen LogP contribution in [0.2, 0.25) is 0 Å². The fourth-order valence-corrected chi connectivity index (χ4v) is 2.38.